The topological polar surface area (TPSA) is 26.3 Å². The first-order valence-corrected chi connectivity index (χ1v) is 7.05. The van der Waals surface area contributed by atoms with Gasteiger partial charge in [0.25, 0.3) is 0 Å². The molecule has 1 aliphatic rings. The maximum atomic E-state index is 12.7. The third kappa shape index (κ3) is 2.69. The highest BCUT2D eigenvalue weighted by Gasteiger charge is 2.36. The molecule has 0 radical (unpaired) electrons. The maximum Gasteiger partial charge on any atom is 0.154 e. The zero-order valence-electron chi connectivity index (χ0n) is 11.8. The smallest absolute Gasteiger partial charge is 0.154 e. The van der Waals surface area contributed by atoms with Gasteiger partial charge in [-0.05, 0) is 17.7 Å². The number of likely N-dealkylation sites (N-methyl/N-ethyl adjacent to an activating group) is 1. The summed E-state index contributed by atoms with van der Waals surface area (Å²) in [4.78, 5) is 2.20. The van der Waals surface area contributed by atoms with E-state index in [-0.39, 0.29) is 10.7 Å². The molecule has 2 aromatic rings. The standard InChI is InChI=1S/C17H20N2O/c1-19(20)14-18(16-10-6-3-7-11-16)13-17(19)12-15-8-4-2-5-9-15/h2-11,17H,12-14H2,1H3. The second kappa shape index (κ2) is 5.27. The number of para-hydroxylation sites is 1. The SMILES string of the molecule is C[N+]1([O-])CN(c2ccccc2)CC1Cc1ccccc1. The van der Waals surface area contributed by atoms with Crippen molar-refractivity contribution in [1.29, 1.82) is 0 Å². The largest absolute Gasteiger partial charge is 0.631 e. The van der Waals surface area contributed by atoms with Crippen LogP contribution in [-0.4, -0.2) is 30.9 Å². The lowest BCUT2D eigenvalue weighted by atomic mass is 10.1. The molecule has 1 fully saturated rings. The molecule has 0 N–H and O–H groups in total. The molecule has 0 amide bonds. The van der Waals surface area contributed by atoms with Crippen molar-refractivity contribution in [2.24, 2.45) is 0 Å². The molecule has 2 atom stereocenters. The Morgan fingerprint density at radius 1 is 1.05 bits per heavy atom. The summed E-state index contributed by atoms with van der Waals surface area (Å²) >= 11 is 0. The van der Waals surface area contributed by atoms with Crippen molar-refractivity contribution in [3.63, 3.8) is 0 Å². The number of benzene rings is 2. The van der Waals surface area contributed by atoms with E-state index in [0.717, 1.165) is 18.7 Å². The van der Waals surface area contributed by atoms with Crippen LogP contribution in [0.5, 0.6) is 0 Å². The van der Waals surface area contributed by atoms with Gasteiger partial charge in [0, 0.05) is 12.1 Å². The first kappa shape index (κ1) is 13.2. The number of rotatable bonds is 3. The minimum absolute atomic E-state index is 0.0950. The summed E-state index contributed by atoms with van der Waals surface area (Å²) in [5.74, 6) is 0. The van der Waals surface area contributed by atoms with Gasteiger partial charge in [-0.3, -0.25) is 0 Å². The van der Waals surface area contributed by atoms with E-state index < -0.39 is 0 Å². The van der Waals surface area contributed by atoms with E-state index in [0.29, 0.717) is 6.67 Å². The van der Waals surface area contributed by atoms with Crippen LogP contribution in [0.3, 0.4) is 0 Å². The first-order valence-electron chi connectivity index (χ1n) is 7.05. The second-order valence-electron chi connectivity index (χ2n) is 5.72. The Bertz CT molecular complexity index is 554. The van der Waals surface area contributed by atoms with Gasteiger partial charge in [-0.1, -0.05) is 48.5 Å². The van der Waals surface area contributed by atoms with Gasteiger partial charge in [0.1, 0.15) is 6.04 Å². The third-order valence-corrected chi connectivity index (χ3v) is 4.09. The zero-order valence-corrected chi connectivity index (χ0v) is 11.8. The summed E-state index contributed by atoms with van der Waals surface area (Å²) in [5.41, 5.74) is 2.39. The molecule has 3 nitrogen and oxygen atoms in total. The lowest BCUT2D eigenvalue weighted by Gasteiger charge is -2.39. The number of quaternary nitrogens is 1. The molecule has 0 aliphatic carbocycles. The Morgan fingerprint density at radius 3 is 2.30 bits per heavy atom. The molecule has 3 heteroatoms. The molecule has 1 heterocycles. The van der Waals surface area contributed by atoms with Gasteiger partial charge >= 0.3 is 0 Å². The predicted octanol–water partition coefficient (Wildman–Crippen LogP) is 3.02. The van der Waals surface area contributed by atoms with Crippen LogP contribution in [0.25, 0.3) is 0 Å². The Kier molecular flexibility index (Phi) is 3.47. The molecule has 104 valence electrons. The molecular formula is C17H20N2O. The lowest BCUT2D eigenvalue weighted by molar-refractivity contribution is -0.871. The maximum absolute atomic E-state index is 12.7. The van der Waals surface area contributed by atoms with Crippen LogP contribution in [0.15, 0.2) is 60.7 Å². The minimum atomic E-state index is -0.191. The van der Waals surface area contributed by atoms with E-state index in [1.54, 1.807) is 7.05 Å². The van der Waals surface area contributed by atoms with Gasteiger partial charge in [0.15, 0.2) is 6.67 Å². The highest BCUT2D eigenvalue weighted by molar-refractivity contribution is 5.46. The van der Waals surface area contributed by atoms with E-state index in [4.69, 9.17) is 0 Å². The van der Waals surface area contributed by atoms with Crippen molar-refractivity contribution in [3.05, 3.63) is 71.4 Å². The highest BCUT2D eigenvalue weighted by Crippen LogP contribution is 2.27. The van der Waals surface area contributed by atoms with Crippen molar-refractivity contribution in [1.82, 2.24) is 0 Å². The Hall–Kier alpha value is -1.84. The predicted molar refractivity (Wildman–Crippen MR) is 82.1 cm³/mol. The molecule has 1 saturated heterocycles. The van der Waals surface area contributed by atoms with Gasteiger partial charge in [-0.15, -0.1) is 0 Å². The van der Waals surface area contributed by atoms with Gasteiger partial charge < -0.3 is 14.8 Å². The first-order chi connectivity index (χ1) is 9.65. The molecule has 0 aromatic heterocycles. The fraction of sp³-hybridized carbons (Fsp3) is 0.294. The van der Waals surface area contributed by atoms with E-state index in [1.807, 2.05) is 36.4 Å². The van der Waals surface area contributed by atoms with Crippen molar-refractivity contribution in [3.8, 4) is 0 Å². The van der Waals surface area contributed by atoms with Crippen molar-refractivity contribution >= 4 is 5.69 Å². The molecule has 2 unspecified atom stereocenters. The number of nitrogens with zero attached hydrogens (tertiary/aromatic N) is 2. The Morgan fingerprint density at radius 2 is 1.65 bits per heavy atom. The molecule has 1 aliphatic heterocycles. The summed E-state index contributed by atoms with van der Waals surface area (Å²) in [7, 11) is 1.79. The summed E-state index contributed by atoms with van der Waals surface area (Å²) < 4.78 is -0.191. The number of hydrogen-bond acceptors (Lipinski definition) is 2. The van der Waals surface area contributed by atoms with Gasteiger partial charge in [0.05, 0.1) is 13.6 Å². The average molecular weight is 268 g/mol. The monoisotopic (exact) mass is 268 g/mol. The quantitative estimate of drug-likeness (QED) is 0.632. The fourth-order valence-corrected chi connectivity index (χ4v) is 2.91. The Balaban J connectivity index is 1.76. The number of hydrogen-bond donors (Lipinski definition) is 0. The van der Waals surface area contributed by atoms with Crippen LogP contribution < -0.4 is 4.90 Å². The van der Waals surface area contributed by atoms with Crippen LogP contribution >= 0.6 is 0 Å². The van der Waals surface area contributed by atoms with E-state index in [2.05, 4.69) is 29.2 Å². The summed E-state index contributed by atoms with van der Waals surface area (Å²) in [6, 6.07) is 20.6. The molecule has 0 saturated carbocycles. The van der Waals surface area contributed by atoms with Crippen LogP contribution in [0.2, 0.25) is 0 Å². The van der Waals surface area contributed by atoms with Crippen molar-refractivity contribution in [2.75, 3.05) is 25.2 Å². The van der Waals surface area contributed by atoms with Gasteiger partial charge in [-0.2, -0.15) is 0 Å². The van der Waals surface area contributed by atoms with Crippen LogP contribution in [-0.2, 0) is 6.42 Å². The molecule has 3 rings (SSSR count). The summed E-state index contributed by atoms with van der Waals surface area (Å²) in [5, 5.41) is 12.7. The lowest BCUT2D eigenvalue weighted by Crippen LogP contribution is -2.44. The molecule has 0 spiro atoms. The van der Waals surface area contributed by atoms with Gasteiger partial charge in [0.2, 0.25) is 0 Å². The third-order valence-electron chi connectivity index (χ3n) is 4.09. The van der Waals surface area contributed by atoms with Crippen LogP contribution in [0.4, 0.5) is 5.69 Å². The number of hydroxylamine groups is 3. The molecule has 2 aromatic carbocycles. The zero-order chi connectivity index (χ0) is 14.0. The summed E-state index contributed by atoms with van der Waals surface area (Å²) in [6.07, 6.45) is 0.837. The van der Waals surface area contributed by atoms with Gasteiger partial charge in [-0.25, -0.2) is 0 Å². The van der Waals surface area contributed by atoms with E-state index in [1.165, 1.54) is 5.56 Å². The summed E-state index contributed by atoms with van der Waals surface area (Å²) in [6.45, 7) is 1.35. The molecule has 0 bridgehead atoms. The van der Waals surface area contributed by atoms with E-state index >= 15 is 0 Å². The second-order valence-corrected chi connectivity index (χ2v) is 5.72. The van der Waals surface area contributed by atoms with Crippen molar-refractivity contribution < 1.29 is 4.65 Å². The Labute approximate surface area is 120 Å². The molecule has 20 heavy (non-hydrogen) atoms. The van der Waals surface area contributed by atoms with Crippen LogP contribution in [0, 0.1) is 5.21 Å². The highest BCUT2D eigenvalue weighted by atomic mass is 16.6. The normalized spacial score (nSPS) is 25.9. The number of anilines is 1. The van der Waals surface area contributed by atoms with E-state index in [9.17, 15) is 5.21 Å². The van der Waals surface area contributed by atoms with Crippen molar-refractivity contribution in [2.45, 2.75) is 12.5 Å². The van der Waals surface area contributed by atoms with Crippen LogP contribution in [0.1, 0.15) is 5.56 Å². The minimum Gasteiger partial charge on any atom is -0.631 e. The molecular weight excluding hydrogens is 248 g/mol. The average Bonchev–Trinajstić information content (AvgIpc) is 2.76. The fourth-order valence-electron chi connectivity index (χ4n) is 2.91.